The van der Waals surface area contributed by atoms with Gasteiger partial charge in [-0.15, -0.1) is 0 Å². The van der Waals surface area contributed by atoms with Gasteiger partial charge < -0.3 is 4.90 Å². The molecule has 122 valence electrons. The Kier molecular flexibility index (Phi) is 4.09. The van der Waals surface area contributed by atoms with Crippen LogP contribution in [0.1, 0.15) is 16.8 Å². The molecule has 0 aliphatic carbocycles. The molecule has 9 heteroatoms. The first-order chi connectivity index (χ1) is 10.0. The van der Waals surface area contributed by atoms with Crippen LogP contribution in [-0.2, 0) is 0 Å². The fourth-order valence-corrected chi connectivity index (χ4v) is 2.36. The van der Waals surface area contributed by atoms with Crippen LogP contribution in [0.3, 0.4) is 0 Å². The summed E-state index contributed by atoms with van der Waals surface area (Å²) < 4.78 is 91.2. The summed E-state index contributed by atoms with van der Waals surface area (Å²) in [6, 6.07) is 2.62. The molecule has 2 rings (SSSR count). The Labute approximate surface area is 120 Å². The van der Waals surface area contributed by atoms with E-state index in [0.29, 0.717) is 4.90 Å². The Morgan fingerprint density at radius 1 is 1.23 bits per heavy atom. The predicted octanol–water partition coefficient (Wildman–Crippen LogP) is 3.62. The Hall–Kier alpha value is -1.80. The molecule has 1 atom stereocenters. The molecular weight excluding hydrogens is 319 g/mol. The number of amides is 1. The van der Waals surface area contributed by atoms with Gasteiger partial charge in [0.2, 0.25) is 0 Å². The van der Waals surface area contributed by atoms with Crippen molar-refractivity contribution < 1.29 is 35.5 Å². The topological polar surface area (TPSA) is 20.3 Å². The summed E-state index contributed by atoms with van der Waals surface area (Å²) in [5.41, 5.74) is -0.791. The number of carbonyl (C=O) groups is 1. The van der Waals surface area contributed by atoms with Crippen LogP contribution in [0.15, 0.2) is 18.2 Å². The van der Waals surface area contributed by atoms with Crippen LogP contribution < -0.4 is 0 Å². The highest BCUT2D eigenvalue weighted by molar-refractivity contribution is 5.94. The summed E-state index contributed by atoms with van der Waals surface area (Å²) in [6.45, 7) is -2.11. The molecule has 0 saturated carbocycles. The summed E-state index contributed by atoms with van der Waals surface area (Å²) in [4.78, 5) is 12.3. The molecule has 1 aliphatic heterocycles. The Bertz CT molecular complexity index is 584. The maximum atomic E-state index is 13.6. The summed E-state index contributed by atoms with van der Waals surface area (Å²) in [5, 5.41) is 0. The minimum Gasteiger partial charge on any atom is -0.332 e. The van der Waals surface area contributed by atoms with Gasteiger partial charge in [0.1, 0.15) is 5.92 Å². The van der Waals surface area contributed by atoms with Crippen molar-refractivity contribution >= 4 is 5.91 Å². The molecule has 0 spiro atoms. The zero-order valence-corrected chi connectivity index (χ0v) is 10.9. The second-order valence-corrected chi connectivity index (χ2v) is 4.97. The molecule has 0 radical (unpaired) electrons. The van der Waals surface area contributed by atoms with E-state index >= 15 is 0 Å². The first-order valence-electron chi connectivity index (χ1n) is 6.22. The molecule has 1 aromatic rings. The van der Waals surface area contributed by atoms with Crippen molar-refractivity contribution in [1.29, 1.82) is 0 Å². The van der Waals surface area contributed by atoms with Crippen LogP contribution >= 0.6 is 0 Å². The lowest BCUT2D eigenvalue weighted by Crippen LogP contribution is -2.55. The largest absolute Gasteiger partial charge is 0.397 e. The predicted molar refractivity (Wildman–Crippen MR) is 61.4 cm³/mol. The van der Waals surface area contributed by atoms with Crippen molar-refractivity contribution in [3.63, 3.8) is 0 Å². The molecule has 1 saturated heterocycles. The van der Waals surface area contributed by atoms with Gasteiger partial charge in [0.25, 0.3) is 11.8 Å². The number of nitrogens with zero attached hydrogens (tertiary/aromatic N) is 1. The Morgan fingerprint density at radius 2 is 1.86 bits per heavy atom. The minimum atomic E-state index is -5.09. The summed E-state index contributed by atoms with van der Waals surface area (Å²) in [6.07, 6.45) is -6.10. The average molecular weight is 329 g/mol. The SMILES string of the molecule is O=C(c1cccc(F)c1F)N1CCC(C(F)(F)F)C(F)(F)C1. The third-order valence-electron chi connectivity index (χ3n) is 3.46. The Balaban J connectivity index is 2.22. The molecule has 22 heavy (non-hydrogen) atoms. The second kappa shape index (κ2) is 5.44. The zero-order valence-electron chi connectivity index (χ0n) is 10.9. The van der Waals surface area contributed by atoms with E-state index < -0.39 is 60.6 Å². The molecule has 1 heterocycles. The standard InChI is InChI=1S/C13H10F7NO/c14-8-3-1-2-7(10(8)15)11(22)21-5-4-9(13(18,19)20)12(16,17)6-21/h1-3,9H,4-6H2. The number of likely N-dealkylation sites (tertiary alicyclic amines) is 1. The van der Waals surface area contributed by atoms with Crippen molar-refractivity contribution in [3.05, 3.63) is 35.4 Å². The van der Waals surface area contributed by atoms with E-state index in [1.165, 1.54) is 0 Å². The van der Waals surface area contributed by atoms with Crippen LogP contribution in [0.4, 0.5) is 30.7 Å². The van der Waals surface area contributed by atoms with Gasteiger partial charge in [0, 0.05) is 6.54 Å². The highest BCUT2D eigenvalue weighted by Gasteiger charge is 2.58. The van der Waals surface area contributed by atoms with Gasteiger partial charge in [-0.1, -0.05) is 6.07 Å². The minimum absolute atomic E-state index is 0.403. The molecular formula is C13H10F7NO. The maximum Gasteiger partial charge on any atom is 0.397 e. The molecule has 0 N–H and O–H groups in total. The Morgan fingerprint density at radius 3 is 2.41 bits per heavy atom. The van der Waals surface area contributed by atoms with E-state index in [2.05, 4.69) is 0 Å². The fraction of sp³-hybridized carbons (Fsp3) is 0.462. The van der Waals surface area contributed by atoms with Gasteiger partial charge in [-0.3, -0.25) is 4.79 Å². The highest BCUT2D eigenvalue weighted by atomic mass is 19.4. The van der Waals surface area contributed by atoms with Crippen molar-refractivity contribution in [2.45, 2.75) is 18.5 Å². The van der Waals surface area contributed by atoms with E-state index in [-0.39, 0.29) is 0 Å². The maximum absolute atomic E-state index is 13.6. The van der Waals surface area contributed by atoms with E-state index in [1.807, 2.05) is 0 Å². The first kappa shape index (κ1) is 16.6. The molecule has 2 nitrogen and oxygen atoms in total. The summed E-state index contributed by atoms with van der Waals surface area (Å²) in [7, 11) is 0. The van der Waals surface area contributed by atoms with E-state index in [0.717, 1.165) is 18.2 Å². The van der Waals surface area contributed by atoms with Crippen LogP contribution in [0.5, 0.6) is 0 Å². The first-order valence-corrected chi connectivity index (χ1v) is 6.22. The van der Waals surface area contributed by atoms with Crippen LogP contribution in [0.2, 0.25) is 0 Å². The highest BCUT2D eigenvalue weighted by Crippen LogP contribution is 2.43. The fourth-order valence-electron chi connectivity index (χ4n) is 2.36. The van der Waals surface area contributed by atoms with Crippen LogP contribution in [-0.4, -0.2) is 36.0 Å². The molecule has 1 aliphatic rings. The second-order valence-electron chi connectivity index (χ2n) is 4.97. The quantitative estimate of drug-likeness (QED) is 0.721. The van der Waals surface area contributed by atoms with E-state index in [1.54, 1.807) is 0 Å². The van der Waals surface area contributed by atoms with Crippen LogP contribution in [0.25, 0.3) is 0 Å². The molecule has 1 aromatic carbocycles. The average Bonchev–Trinajstić information content (AvgIpc) is 2.38. The van der Waals surface area contributed by atoms with Gasteiger partial charge in [-0.25, -0.2) is 17.6 Å². The van der Waals surface area contributed by atoms with Gasteiger partial charge in [-0.2, -0.15) is 13.2 Å². The third kappa shape index (κ3) is 3.02. The van der Waals surface area contributed by atoms with Gasteiger partial charge in [0.15, 0.2) is 11.6 Å². The van der Waals surface area contributed by atoms with Crippen molar-refractivity contribution in [2.75, 3.05) is 13.1 Å². The number of benzene rings is 1. The van der Waals surface area contributed by atoms with Gasteiger partial charge in [0.05, 0.1) is 12.1 Å². The third-order valence-corrected chi connectivity index (χ3v) is 3.46. The number of alkyl halides is 5. The number of hydrogen-bond acceptors (Lipinski definition) is 1. The number of carbonyl (C=O) groups excluding carboxylic acids is 1. The number of piperidine rings is 1. The monoisotopic (exact) mass is 329 g/mol. The molecule has 1 fully saturated rings. The molecule has 1 unspecified atom stereocenters. The zero-order chi connectivity index (χ0) is 16.7. The van der Waals surface area contributed by atoms with Gasteiger partial charge in [-0.05, 0) is 18.6 Å². The van der Waals surface area contributed by atoms with E-state index in [4.69, 9.17) is 0 Å². The number of hydrogen-bond donors (Lipinski definition) is 0. The van der Waals surface area contributed by atoms with E-state index in [9.17, 15) is 35.5 Å². The number of rotatable bonds is 1. The smallest absolute Gasteiger partial charge is 0.332 e. The normalized spacial score (nSPS) is 21.8. The summed E-state index contributed by atoms with van der Waals surface area (Å²) in [5.74, 6) is -11.2. The lowest BCUT2D eigenvalue weighted by atomic mass is 9.91. The van der Waals surface area contributed by atoms with Crippen molar-refractivity contribution in [2.24, 2.45) is 5.92 Å². The lowest BCUT2D eigenvalue weighted by molar-refractivity contribution is -0.254. The molecule has 0 bridgehead atoms. The number of halogens is 7. The van der Waals surface area contributed by atoms with Gasteiger partial charge >= 0.3 is 6.18 Å². The molecule has 0 aromatic heterocycles. The lowest BCUT2D eigenvalue weighted by Gasteiger charge is -2.39. The van der Waals surface area contributed by atoms with Crippen molar-refractivity contribution in [3.8, 4) is 0 Å². The molecule has 1 amide bonds. The van der Waals surface area contributed by atoms with Crippen molar-refractivity contribution in [1.82, 2.24) is 4.90 Å². The summed E-state index contributed by atoms with van der Waals surface area (Å²) >= 11 is 0. The van der Waals surface area contributed by atoms with Crippen LogP contribution in [0, 0.1) is 17.6 Å².